The van der Waals surface area contributed by atoms with Gasteiger partial charge in [0.15, 0.2) is 0 Å². The molecule has 0 aliphatic rings. The smallest absolute Gasteiger partial charge is 0.215 e. The summed E-state index contributed by atoms with van der Waals surface area (Å²) < 4.78 is 12.3. The maximum atomic E-state index is 9.12. The predicted octanol–water partition coefficient (Wildman–Crippen LogP) is 1.91. The summed E-state index contributed by atoms with van der Waals surface area (Å²) in [5, 5.41) is 18.2. The summed E-state index contributed by atoms with van der Waals surface area (Å²) in [6, 6.07) is 4.20. The molecule has 0 spiro atoms. The van der Waals surface area contributed by atoms with Crippen LogP contribution >= 0.6 is 0 Å². The molecule has 1 atom stereocenters. The second-order valence-corrected chi connectivity index (χ2v) is 3.92. The number of imidazole rings is 1. The topological polar surface area (TPSA) is 83.9 Å². The Morgan fingerprint density at radius 2 is 1.95 bits per heavy atom. The second-order valence-electron chi connectivity index (χ2n) is 3.92. The highest BCUT2D eigenvalue weighted by Crippen LogP contribution is 2.22. The molecule has 1 rings (SSSR count). The fraction of sp³-hybridized carbons (Fsp3) is 0.615. The molecular weight excluding hydrogens is 244 g/mol. The van der Waals surface area contributed by atoms with E-state index in [1.165, 1.54) is 0 Å². The van der Waals surface area contributed by atoms with E-state index in [1.54, 1.807) is 11.5 Å². The molecule has 6 nitrogen and oxygen atoms in total. The molecule has 19 heavy (non-hydrogen) atoms. The molecule has 0 aliphatic carbocycles. The Kier molecular flexibility index (Phi) is 6.01. The van der Waals surface area contributed by atoms with Crippen molar-refractivity contribution in [2.75, 3.05) is 13.2 Å². The van der Waals surface area contributed by atoms with Gasteiger partial charge in [-0.15, -0.1) is 0 Å². The monoisotopic (exact) mass is 262 g/mol. The van der Waals surface area contributed by atoms with Crippen molar-refractivity contribution < 1.29 is 9.47 Å². The Labute approximate surface area is 113 Å². The Morgan fingerprint density at radius 1 is 1.26 bits per heavy atom. The first-order valence-corrected chi connectivity index (χ1v) is 6.24. The average Bonchev–Trinajstić information content (AvgIpc) is 2.79. The average molecular weight is 262 g/mol. The van der Waals surface area contributed by atoms with Crippen molar-refractivity contribution in [3.05, 3.63) is 17.2 Å². The standard InChI is InChI=1S/C13H18N4O2/c1-4-18-8-11-13(10(3)6-14)17(9-19-5-2)12(7-15)16-11/h10H,4-5,8-9H2,1-3H3. The quantitative estimate of drug-likeness (QED) is 0.749. The van der Waals surface area contributed by atoms with Gasteiger partial charge in [-0.1, -0.05) is 0 Å². The summed E-state index contributed by atoms with van der Waals surface area (Å²) in [4.78, 5) is 4.23. The van der Waals surface area contributed by atoms with E-state index in [0.717, 1.165) is 0 Å². The van der Waals surface area contributed by atoms with Crippen LogP contribution in [0, 0.1) is 22.7 Å². The van der Waals surface area contributed by atoms with Crippen molar-refractivity contribution in [2.24, 2.45) is 0 Å². The van der Waals surface area contributed by atoms with Crippen molar-refractivity contribution in [2.45, 2.75) is 40.0 Å². The van der Waals surface area contributed by atoms with Gasteiger partial charge in [0.05, 0.1) is 30.0 Å². The number of nitriles is 2. The highest BCUT2D eigenvalue weighted by molar-refractivity contribution is 5.29. The lowest BCUT2D eigenvalue weighted by atomic mass is 10.1. The molecule has 102 valence electrons. The lowest BCUT2D eigenvalue weighted by Crippen LogP contribution is -2.11. The van der Waals surface area contributed by atoms with Crippen LogP contribution in [0.25, 0.3) is 0 Å². The van der Waals surface area contributed by atoms with Crippen molar-refractivity contribution >= 4 is 0 Å². The SMILES string of the molecule is CCOCc1nc(C#N)n(COCC)c1C(C)C#N. The molecule has 6 heteroatoms. The first-order chi connectivity index (χ1) is 9.19. The highest BCUT2D eigenvalue weighted by Gasteiger charge is 2.21. The molecule has 1 heterocycles. The largest absolute Gasteiger partial charge is 0.375 e. The molecule has 1 unspecified atom stereocenters. The minimum atomic E-state index is -0.370. The minimum absolute atomic E-state index is 0.222. The van der Waals surface area contributed by atoms with Crippen molar-refractivity contribution in [1.29, 1.82) is 10.5 Å². The van der Waals surface area contributed by atoms with Crippen LogP contribution in [0.1, 0.15) is 43.9 Å². The fourth-order valence-corrected chi connectivity index (χ4v) is 1.76. The lowest BCUT2D eigenvalue weighted by molar-refractivity contribution is 0.0845. The zero-order valence-electron chi connectivity index (χ0n) is 11.5. The summed E-state index contributed by atoms with van der Waals surface area (Å²) in [6.45, 7) is 7.14. The molecule has 0 saturated carbocycles. The molecule has 0 amide bonds. The van der Waals surface area contributed by atoms with Gasteiger partial charge < -0.3 is 9.47 Å². The van der Waals surface area contributed by atoms with E-state index in [1.807, 2.05) is 19.9 Å². The predicted molar refractivity (Wildman–Crippen MR) is 67.9 cm³/mol. The van der Waals surface area contributed by atoms with Crippen LogP contribution in [-0.2, 0) is 22.8 Å². The van der Waals surface area contributed by atoms with E-state index in [9.17, 15) is 0 Å². The third kappa shape index (κ3) is 3.54. The summed E-state index contributed by atoms with van der Waals surface area (Å²) in [6.07, 6.45) is 0. The van der Waals surface area contributed by atoms with Crippen molar-refractivity contribution in [3.8, 4) is 12.1 Å². The highest BCUT2D eigenvalue weighted by atomic mass is 16.5. The minimum Gasteiger partial charge on any atom is -0.375 e. The third-order valence-corrected chi connectivity index (χ3v) is 2.65. The van der Waals surface area contributed by atoms with Crippen LogP contribution < -0.4 is 0 Å². The molecular formula is C13H18N4O2. The van der Waals surface area contributed by atoms with Gasteiger partial charge in [0.2, 0.25) is 5.82 Å². The zero-order chi connectivity index (χ0) is 14.3. The second kappa shape index (κ2) is 7.52. The van der Waals surface area contributed by atoms with Crippen molar-refractivity contribution in [1.82, 2.24) is 9.55 Å². The van der Waals surface area contributed by atoms with Crippen LogP contribution in [0.4, 0.5) is 0 Å². The molecule has 0 bridgehead atoms. The third-order valence-electron chi connectivity index (χ3n) is 2.65. The fourth-order valence-electron chi connectivity index (χ4n) is 1.76. The first kappa shape index (κ1) is 15.2. The number of aromatic nitrogens is 2. The molecule has 0 radical (unpaired) electrons. The molecule has 0 aliphatic heterocycles. The zero-order valence-corrected chi connectivity index (χ0v) is 11.5. The van der Waals surface area contributed by atoms with Gasteiger partial charge in [-0.05, 0) is 20.8 Å². The normalized spacial score (nSPS) is 11.8. The first-order valence-electron chi connectivity index (χ1n) is 6.24. The van der Waals surface area contributed by atoms with Gasteiger partial charge in [-0.3, -0.25) is 4.57 Å². The van der Waals surface area contributed by atoms with E-state index < -0.39 is 0 Å². The van der Waals surface area contributed by atoms with Gasteiger partial charge >= 0.3 is 0 Å². The van der Waals surface area contributed by atoms with Crippen LogP contribution in [0.2, 0.25) is 0 Å². The molecule has 1 aromatic heterocycles. The maximum absolute atomic E-state index is 9.12. The number of hydrogen-bond acceptors (Lipinski definition) is 5. The van der Waals surface area contributed by atoms with Crippen molar-refractivity contribution in [3.63, 3.8) is 0 Å². The summed E-state index contributed by atoms with van der Waals surface area (Å²) in [5.74, 6) is -0.120. The van der Waals surface area contributed by atoms with E-state index in [4.69, 9.17) is 20.0 Å². The number of nitrogens with zero attached hydrogens (tertiary/aromatic N) is 4. The maximum Gasteiger partial charge on any atom is 0.215 e. The Bertz CT molecular complexity index is 496. The van der Waals surface area contributed by atoms with Crippen LogP contribution in [0.15, 0.2) is 0 Å². The Balaban J connectivity index is 3.20. The molecule has 0 saturated heterocycles. The summed E-state index contributed by atoms with van der Waals surface area (Å²) in [5.41, 5.74) is 1.33. The van der Waals surface area contributed by atoms with Gasteiger partial charge in [0, 0.05) is 13.2 Å². The Hall–Kier alpha value is -1.89. The number of ether oxygens (including phenoxy) is 2. The summed E-state index contributed by atoms with van der Waals surface area (Å²) in [7, 11) is 0. The van der Waals surface area contributed by atoms with Gasteiger partial charge in [0.25, 0.3) is 0 Å². The molecule has 0 N–H and O–H groups in total. The van der Waals surface area contributed by atoms with Crippen LogP contribution in [-0.4, -0.2) is 22.8 Å². The number of rotatable bonds is 7. The summed E-state index contributed by atoms with van der Waals surface area (Å²) >= 11 is 0. The molecule has 1 aromatic rings. The number of hydrogen-bond donors (Lipinski definition) is 0. The van der Waals surface area contributed by atoms with Crippen LogP contribution in [0.5, 0.6) is 0 Å². The molecule has 0 fully saturated rings. The van der Waals surface area contributed by atoms with E-state index in [0.29, 0.717) is 31.2 Å². The molecule has 0 aromatic carbocycles. The van der Waals surface area contributed by atoms with E-state index >= 15 is 0 Å². The van der Waals surface area contributed by atoms with Gasteiger partial charge in [0.1, 0.15) is 12.8 Å². The lowest BCUT2D eigenvalue weighted by Gasteiger charge is -2.12. The van der Waals surface area contributed by atoms with E-state index in [2.05, 4.69) is 11.1 Å². The van der Waals surface area contributed by atoms with Gasteiger partial charge in [-0.25, -0.2) is 4.98 Å². The van der Waals surface area contributed by atoms with Crippen LogP contribution in [0.3, 0.4) is 0 Å². The van der Waals surface area contributed by atoms with Gasteiger partial charge in [-0.2, -0.15) is 10.5 Å². The van der Waals surface area contributed by atoms with E-state index in [-0.39, 0.29) is 18.5 Å². The Morgan fingerprint density at radius 3 is 2.47 bits per heavy atom.